The van der Waals surface area contributed by atoms with Gasteiger partial charge in [-0.15, -0.1) is 0 Å². The SMILES string of the molecule is Fc1cccc(Oc2nc(N3CCOCC3)nc3c2CN(Cc2ccccn2)CC3)c1. The topological polar surface area (TPSA) is 63.6 Å². The Morgan fingerprint density at radius 3 is 2.74 bits per heavy atom. The summed E-state index contributed by atoms with van der Waals surface area (Å²) in [5, 5.41) is 0. The number of hydrogen-bond donors (Lipinski definition) is 0. The second kappa shape index (κ2) is 8.95. The molecule has 2 aliphatic heterocycles. The van der Waals surface area contributed by atoms with E-state index in [1.165, 1.54) is 12.1 Å². The monoisotopic (exact) mass is 421 g/mol. The molecular weight excluding hydrogens is 397 g/mol. The molecule has 0 unspecified atom stereocenters. The van der Waals surface area contributed by atoms with Crippen molar-refractivity contribution in [2.45, 2.75) is 19.5 Å². The van der Waals surface area contributed by atoms with Crippen molar-refractivity contribution in [1.82, 2.24) is 19.9 Å². The second-order valence-corrected chi connectivity index (χ2v) is 7.69. The Morgan fingerprint density at radius 2 is 1.94 bits per heavy atom. The van der Waals surface area contributed by atoms with Crippen LogP contribution in [0.3, 0.4) is 0 Å². The molecule has 0 bridgehead atoms. The number of nitrogens with zero attached hydrogens (tertiary/aromatic N) is 5. The van der Waals surface area contributed by atoms with E-state index in [0.29, 0.717) is 37.3 Å². The summed E-state index contributed by atoms with van der Waals surface area (Å²) < 4.78 is 25.3. The largest absolute Gasteiger partial charge is 0.438 e. The maximum absolute atomic E-state index is 13.7. The molecule has 1 saturated heterocycles. The van der Waals surface area contributed by atoms with Crippen molar-refractivity contribution < 1.29 is 13.9 Å². The van der Waals surface area contributed by atoms with Crippen LogP contribution >= 0.6 is 0 Å². The molecule has 1 aromatic carbocycles. The van der Waals surface area contributed by atoms with Crippen molar-refractivity contribution in [3.05, 3.63) is 71.4 Å². The van der Waals surface area contributed by atoms with Crippen LogP contribution in [0.2, 0.25) is 0 Å². The first-order valence-corrected chi connectivity index (χ1v) is 10.5. The molecule has 7 nitrogen and oxygen atoms in total. The normalized spacial score (nSPS) is 16.7. The average Bonchev–Trinajstić information content (AvgIpc) is 2.80. The Balaban J connectivity index is 1.46. The molecule has 0 saturated carbocycles. The van der Waals surface area contributed by atoms with E-state index >= 15 is 0 Å². The van der Waals surface area contributed by atoms with Crippen molar-refractivity contribution in [3.8, 4) is 11.6 Å². The van der Waals surface area contributed by atoms with Gasteiger partial charge in [0.1, 0.15) is 11.6 Å². The lowest BCUT2D eigenvalue weighted by Gasteiger charge is -2.31. The van der Waals surface area contributed by atoms with Gasteiger partial charge in [0.2, 0.25) is 11.8 Å². The summed E-state index contributed by atoms with van der Waals surface area (Å²) in [7, 11) is 0. The first kappa shape index (κ1) is 19.8. The maximum atomic E-state index is 13.7. The van der Waals surface area contributed by atoms with Gasteiger partial charge in [-0.3, -0.25) is 9.88 Å². The summed E-state index contributed by atoms with van der Waals surface area (Å²) in [5.41, 5.74) is 2.95. The van der Waals surface area contributed by atoms with E-state index in [-0.39, 0.29) is 5.82 Å². The summed E-state index contributed by atoms with van der Waals surface area (Å²) >= 11 is 0. The van der Waals surface area contributed by atoms with Gasteiger partial charge in [0.15, 0.2) is 0 Å². The molecule has 2 aliphatic rings. The fourth-order valence-electron chi connectivity index (χ4n) is 3.91. The zero-order valence-corrected chi connectivity index (χ0v) is 17.2. The van der Waals surface area contributed by atoms with Crippen molar-refractivity contribution in [3.63, 3.8) is 0 Å². The molecule has 160 valence electrons. The van der Waals surface area contributed by atoms with Gasteiger partial charge in [0, 0.05) is 51.4 Å². The molecule has 3 aromatic rings. The van der Waals surface area contributed by atoms with Gasteiger partial charge in [-0.05, 0) is 24.3 Å². The highest BCUT2D eigenvalue weighted by molar-refractivity contribution is 5.43. The fourth-order valence-corrected chi connectivity index (χ4v) is 3.91. The Bertz CT molecular complexity index is 1040. The predicted molar refractivity (Wildman–Crippen MR) is 114 cm³/mol. The molecule has 31 heavy (non-hydrogen) atoms. The quantitative estimate of drug-likeness (QED) is 0.627. The van der Waals surface area contributed by atoms with Crippen LogP contribution in [-0.4, -0.2) is 52.7 Å². The number of hydrogen-bond acceptors (Lipinski definition) is 7. The molecular formula is C23H24FN5O2. The summed E-state index contributed by atoms with van der Waals surface area (Å²) in [6.07, 6.45) is 2.60. The minimum atomic E-state index is -0.342. The molecule has 0 atom stereocenters. The fraction of sp³-hybridized carbons (Fsp3) is 0.348. The first-order valence-electron chi connectivity index (χ1n) is 10.5. The zero-order chi connectivity index (χ0) is 21.0. The Labute approximate surface area is 180 Å². The lowest BCUT2D eigenvalue weighted by molar-refractivity contribution is 0.122. The summed E-state index contributed by atoms with van der Waals surface area (Å²) in [4.78, 5) is 18.5. The van der Waals surface area contributed by atoms with E-state index in [4.69, 9.17) is 19.4 Å². The molecule has 0 radical (unpaired) electrons. The lowest BCUT2D eigenvalue weighted by Crippen LogP contribution is -2.38. The van der Waals surface area contributed by atoms with Crippen molar-refractivity contribution in [2.24, 2.45) is 0 Å². The number of morpholine rings is 1. The van der Waals surface area contributed by atoms with Crippen LogP contribution in [0, 0.1) is 5.82 Å². The minimum Gasteiger partial charge on any atom is -0.438 e. The van der Waals surface area contributed by atoms with Gasteiger partial charge in [-0.1, -0.05) is 12.1 Å². The zero-order valence-electron chi connectivity index (χ0n) is 17.2. The van der Waals surface area contributed by atoms with Gasteiger partial charge in [0.25, 0.3) is 0 Å². The molecule has 0 aliphatic carbocycles. The maximum Gasteiger partial charge on any atom is 0.229 e. The summed E-state index contributed by atoms with van der Waals surface area (Å²) in [5.74, 6) is 1.22. The van der Waals surface area contributed by atoms with E-state index in [9.17, 15) is 4.39 Å². The minimum absolute atomic E-state index is 0.342. The van der Waals surface area contributed by atoms with Crippen molar-refractivity contribution in [1.29, 1.82) is 0 Å². The van der Waals surface area contributed by atoms with E-state index in [1.54, 1.807) is 12.1 Å². The molecule has 5 rings (SSSR count). The number of fused-ring (bicyclic) bond motifs is 1. The first-order chi connectivity index (χ1) is 15.2. The van der Waals surface area contributed by atoms with Crippen LogP contribution in [0.15, 0.2) is 48.7 Å². The summed E-state index contributed by atoms with van der Waals surface area (Å²) in [6, 6.07) is 12.1. The molecule has 2 aromatic heterocycles. The van der Waals surface area contributed by atoms with E-state index < -0.39 is 0 Å². The third-order valence-corrected chi connectivity index (χ3v) is 5.51. The predicted octanol–water partition coefficient (Wildman–Crippen LogP) is 3.20. The smallest absolute Gasteiger partial charge is 0.229 e. The molecule has 0 N–H and O–H groups in total. The van der Waals surface area contributed by atoms with Crippen LogP contribution < -0.4 is 9.64 Å². The van der Waals surface area contributed by atoms with Crippen LogP contribution in [-0.2, 0) is 24.2 Å². The number of pyridine rings is 1. The highest BCUT2D eigenvalue weighted by atomic mass is 19.1. The third kappa shape index (κ3) is 4.65. The number of anilines is 1. The molecule has 1 fully saturated rings. The van der Waals surface area contributed by atoms with Crippen molar-refractivity contribution in [2.75, 3.05) is 37.7 Å². The Hall–Kier alpha value is -3.10. The van der Waals surface area contributed by atoms with Gasteiger partial charge in [-0.25, -0.2) is 9.37 Å². The lowest BCUT2D eigenvalue weighted by atomic mass is 10.1. The Kier molecular flexibility index (Phi) is 5.73. The number of benzene rings is 1. The van der Waals surface area contributed by atoms with E-state index in [2.05, 4.69) is 14.8 Å². The van der Waals surface area contributed by atoms with Crippen LogP contribution in [0.5, 0.6) is 11.6 Å². The highest BCUT2D eigenvalue weighted by Crippen LogP contribution is 2.32. The van der Waals surface area contributed by atoms with E-state index in [0.717, 1.165) is 49.6 Å². The Morgan fingerprint density at radius 1 is 1.03 bits per heavy atom. The van der Waals surface area contributed by atoms with E-state index in [1.807, 2.05) is 24.4 Å². The molecule has 0 amide bonds. The standard InChI is InChI=1S/C23H24FN5O2/c24-17-4-3-6-19(14-17)31-22-20-16-28(15-18-5-1-2-8-25-18)9-7-21(20)26-23(27-22)29-10-12-30-13-11-29/h1-6,8,14H,7,9-13,15-16H2. The van der Waals surface area contributed by atoms with Crippen LogP contribution in [0.1, 0.15) is 17.0 Å². The van der Waals surface area contributed by atoms with Gasteiger partial charge in [-0.2, -0.15) is 4.98 Å². The number of rotatable bonds is 5. The number of aromatic nitrogens is 3. The average molecular weight is 421 g/mol. The van der Waals surface area contributed by atoms with Crippen LogP contribution in [0.4, 0.5) is 10.3 Å². The third-order valence-electron chi connectivity index (χ3n) is 5.51. The van der Waals surface area contributed by atoms with Gasteiger partial charge >= 0.3 is 0 Å². The summed E-state index contributed by atoms with van der Waals surface area (Å²) in [6.45, 7) is 5.05. The van der Waals surface area contributed by atoms with Gasteiger partial charge < -0.3 is 14.4 Å². The highest BCUT2D eigenvalue weighted by Gasteiger charge is 2.26. The van der Waals surface area contributed by atoms with Crippen LogP contribution in [0.25, 0.3) is 0 Å². The van der Waals surface area contributed by atoms with Gasteiger partial charge in [0.05, 0.1) is 30.2 Å². The molecule has 0 spiro atoms. The number of halogens is 1. The molecule has 8 heteroatoms. The second-order valence-electron chi connectivity index (χ2n) is 7.69. The molecule has 4 heterocycles. The van der Waals surface area contributed by atoms with Crippen molar-refractivity contribution >= 4 is 5.95 Å². The number of ether oxygens (including phenoxy) is 2.